The summed E-state index contributed by atoms with van der Waals surface area (Å²) in [7, 11) is 2.21. The van der Waals surface area contributed by atoms with Gasteiger partial charge in [0.15, 0.2) is 0 Å². The third-order valence-corrected chi connectivity index (χ3v) is 5.38. The van der Waals surface area contributed by atoms with Crippen LogP contribution in [-0.2, 0) is 6.54 Å². The Kier molecular flexibility index (Phi) is 6.14. The zero-order valence-electron chi connectivity index (χ0n) is 12.0. The number of hydrogen-bond donors (Lipinski definition) is 1. The Balaban J connectivity index is 1.69. The van der Waals surface area contributed by atoms with E-state index in [1.54, 1.807) is 11.3 Å². The van der Waals surface area contributed by atoms with Gasteiger partial charge in [-0.1, -0.05) is 18.5 Å². The Labute approximate surface area is 126 Å². The molecule has 19 heavy (non-hydrogen) atoms. The average Bonchev–Trinajstić information content (AvgIpc) is 2.82. The lowest BCUT2D eigenvalue weighted by Crippen LogP contribution is -2.34. The summed E-state index contributed by atoms with van der Waals surface area (Å²) < 4.78 is 0.894. The third kappa shape index (κ3) is 5.07. The molecule has 1 N–H and O–H groups in total. The minimum Gasteiger partial charge on any atom is -0.316 e. The van der Waals surface area contributed by atoms with Crippen LogP contribution in [0.25, 0.3) is 0 Å². The second-order valence-corrected chi connectivity index (χ2v) is 7.62. The Morgan fingerprint density at radius 1 is 1.53 bits per heavy atom. The molecule has 108 valence electrons. The van der Waals surface area contributed by atoms with Crippen LogP contribution in [0.5, 0.6) is 0 Å². The molecule has 0 radical (unpaired) electrons. The Morgan fingerprint density at radius 3 is 3.00 bits per heavy atom. The van der Waals surface area contributed by atoms with Gasteiger partial charge in [0.1, 0.15) is 0 Å². The highest BCUT2D eigenvalue weighted by molar-refractivity contribution is 7.16. The van der Waals surface area contributed by atoms with Gasteiger partial charge in [-0.15, -0.1) is 11.3 Å². The minimum absolute atomic E-state index is 0.821. The maximum Gasteiger partial charge on any atom is 0.0931 e. The number of piperidine rings is 1. The molecular weight excluding hydrogens is 276 g/mol. The molecule has 0 saturated carbocycles. The van der Waals surface area contributed by atoms with Gasteiger partial charge in [0.2, 0.25) is 0 Å². The van der Waals surface area contributed by atoms with Crippen LogP contribution in [0.3, 0.4) is 0 Å². The first-order valence-electron chi connectivity index (χ1n) is 7.28. The van der Waals surface area contributed by atoms with E-state index in [1.165, 1.54) is 43.8 Å². The van der Waals surface area contributed by atoms with Gasteiger partial charge in [-0.25, -0.2) is 0 Å². The molecule has 1 aliphatic rings. The molecule has 2 heterocycles. The lowest BCUT2D eigenvalue weighted by atomic mass is 9.85. The first-order chi connectivity index (χ1) is 9.15. The number of halogens is 1. The molecule has 0 bridgehead atoms. The van der Waals surface area contributed by atoms with Crippen LogP contribution < -0.4 is 5.32 Å². The van der Waals surface area contributed by atoms with E-state index in [9.17, 15) is 0 Å². The van der Waals surface area contributed by atoms with E-state index >= 15 is 0 Å². The van der Waals surface area contributed by atoms with Crippen molar-refractivity contribution in [2.75, 3.05) is 26.7 Å². The van der Waals surface area contributed by atoms with Gasteiger partial charge in [-0.2, -0.15) is 0 Å². The first kappa shape index (κ1) is 15.3. The van der Waals surface area contributed by atoms with Crippen molar-refractivity contribution in [1.29, 1.82) is 0 Å². The monoisotopic (exact) mass is 300 g/mol. The fraction of sp³-hybridized carbons (Fsp3) is 0.733. The fourth-order valence-electron chi connectivity index (χ4n) is 2.81. The first-order valence-corrected chi connectivity index (χ1v) is 8.48. The molecule has 0 aromatic carbocycles. The summed E-state index contributed by atoms with van der Waals surface area (Å²) in [6, 6.07) is 4.13. The molecule has 2 atom stereocenters. The van der Waals surface area contributed by atoms with E-state index in [4.69, 9.17) is 11.6 Å². The third-order valence-electron chi connectivity index (χ3n) is 4.16. The van der Waals surface area contributed by atoms with Gasteiger partial charge in [-0.3, -0.25) is 0 Å². The van der Waals surface area contributed by atoms with Gasteiger partial charge in [0, 0.05) is 11.4 Å². The van der Waals surface area contributed by atoms with Crippen molar-refractivity contribution in [1.82, 2.24) is 10.2 Å². The Hall–Kier alpha value is -0.0900. The van der Waals surface area contributed by atoms with Gasteiger partial charge in [-0.05, 0) is 69.9 Å². The molecule has 0 aliphatic carbocycles. The predicted molar refractivity (Wildman–Crippen MR) is 85.0 cm³/mol. The van der Waals surface area contributed by atoms with Gasteiger partial charge < -0.3 is 10.2 Å². The van der Waals surface area contributed by atoms with Crippen molar-refractivity contribution < 1.29 is 0 Å². The largest absolute Gasteiger partial charge is 0.316 e. The zero-order valence-corrected chi connectivity index (χ0v) is 13.6. The molecule has 0 amide bonds. The lowest BCUT2D eigenvalue weighted by Gasteiger charge is -2.29. The molecule has 1 aromatic heterocycles. The van der Waals surface area contributed by atoms with E-state index in [-0.39, 0.29) is 0 Å². The Bertz CT molecular complexity index is 374. The maximum absolute atomic E-state index is 5.97. The van der Waals surface area contributed by atoms with Crippen LogP contribution >= 0.6 is 22.9 Å². The van der Waals surface area contributed by atoms with Crippen LogP contribution in [0.4, 0.5) is 0 Å². The average molecular weight is 301 g/mol. The molecule has 1 aromatic rings. The Morgan fingerprint density at radius 2 is 2.37 bits per heavy atom. The molecule has 2 rings (SSSR count). The minimum atomic E-state index is 0.821. The van der Waals surface area contributed by atoms with E-state index in [0.29, 0.717) is 0 Å². The van der Waals surface area contributed by atoms with E-state index in [1.807, 2.05) is 6.07 Å². The van der Waals surface area contributed by atoms with Gasteiger partial charge in [0.05, 0.1) is 4.34 Å². The summed E-state index contributed by atoms with van der Waals surface area (Å²) in [6.45, 7) is 7.03. The molecule has 2 nitrogen and oxygen atoms in total. The van der Waals surface area contributed by atoms with Crippen molar-refractivity contribution in [3.63, 3.8) is 0 Å². The van der Waals surface area contributed by atoms with Crippen molar-refractivity contribution >= 4 is 22.9 Å². The van der Waals surface area contributed by atoms with E-state index < -0.39 is 0 Å². The molecular formula is C15H25ClN2S. The number of hydrogen-bond acceptors (Lipinski definition) is 3. The highest BCUT2D eigenvalue weighted by Gasteiger charge is 2.19. The number of thiophene rings is 1. The number of rotatable bonds is 6. The van der Waals surface area contributed by atoms with Crippen LogP contribution in [-0.4, -0.2) is 31.6 Å². The van der Waals surface area contributed by atoms with Crippen molar-refractivity contribution in [3.8, 4) is 0 Å². The highest BCUT2D eigenvalue weighted by atomic mass is 35.5. The fourth-order valence-corrected chi connectivity index (χ4v) is 3.97. The molecule has 1 aliphatic heterocycles. The van der Waals surface area contributed by atoms with Gasteiger partial charge in [0.25, 0.3) is 0 Å². The molecule has 1 saturated heterocycles. The standard InChI is InChI=1S/C15H25ClN2S/c1-12(13-4-3-8-17-10-13)7-9-18(2)11-14-5-6-15(16)19-14/h5-6,12-13,17H,3-4,7-11H2,1-2H3. The van der Waals surface area contributed by atoms with Crippen LogP contribution in [0.2, 0.25) is 4.34 Å². The van der Waals surface area contributed by atoms with E-state index in [0.717, 1.165) is 22.7 Å². The molecule has 1 fully saturated rings. The molecule has 0 spiro atoms. The summed E-state index contributed by atoms with van der Waals surface area (Å²) in [4.78, 5) is 3.77. The summed E-state index contributed by atoms with van der Waals surface area (Å²) >= 11 is 7.66. The van der Waals surface area contributed by atoms with Crippen LogP contribution in [0.15, 0.2) is 12.1 Å². The smallest absolute Gasteiger partial charge is 0.0931 e. The topological polar surface area (TPSA) is 15.3 Å². The summed E-state index contributed by atoms with van der Waals surface area (Å²) in [5.41, 5.74) is 0. The number of nitrogens with one attached hydrogen (secondary N) is 1. The van der Waals surface area contributed by atoms with Crippen LogP contribution in [0, 0.1) is 11.8 Å². The maximum atomic E-state index is 5.97. The molecule has 4 heteroatoms. The summed E-state index contributed by atoms with van der Waals surface area (Å²) in [5, 5.41) is 3.52. The highest BCUT2D eigenvalue weighted by Crippen LogP contribution is 2.24. The summed E-state index contributed by atoms with van der Waals surface area (Å²) in [6.07, 6.45) is 4.04. The van der Waals surface area contributed by atoms with Crippen LogP contribution in [0.1, 0.15) is 31.1 Å². The number of nitrogens with zero attached hydrogens (tertiary/aromatic N) is 1. The van der Waals surface area contributed by atoms with Crippen molar-refractivity contribution in [2.24, 2.45) is 11.8 Å². The van der Waals surface area contributed by atoms with E-state index in [2.05, 4.69) is 30.3 Å². The normalized spacial score (nSPS) is 21.8. The SMILES string of the molecule is CC(CCN(C)Cc1ccc(Cl)s1)C1CCCNC1. The predicted octanol–water partition coefficient (Wildman–Crippen LogP) is 3.86. The quantitative estimate of drug-likeness (QED) is 0.858. The zero-order chi connectivity index (χ0) is 13.7. The lowest BCUT2D eigenvalue weighted by molar-refractivity contribution is 0.230. The molecule has 2 unspecified atom stereocenters. The van der Waals surface area contributed by atoms with Gasteiger partial charge >= 0.3 is 0 Å². The van der Waals surface area contributed by atoms with Crippen molar-refractivity contribution in [3.05, 3.63) is 21.3 Å². The van der Waals surface area contributed by atoms with Crippen molar-refractivity contribution in [2.45, 2.75) is 32.7 Å². The second-order valence-electron chi connectivity index (χ2n) is 5.82. The summed E-state index contributed by atoms with van der Waals surface area (Å²) in [5.74, 6) is 1.69. The second kappa shape index (κ2) is 7.63.